The van der Waals surface area contributed by atoms with Crippen LogP contribution in [0.15, 0.2) is 59.8 Å². The predicted octanol–water partition coefficient (Wildman–Crippen LogP) is 2.55. The van der Waals surface area contributed by atoms with E-state index in [0.717, 1.165) is 6.42 Å². The van der Waals surface area contributed by atoms with E-state index >= 15 is 0 Å². The van der Waals surface area contributed by atoms with Crippen LogP contribution >= 0.6 is 11.8 Å². The van der Waals surface area contributed by atoms with Crippen LogP contribution in [0.25, 0.3) is 0 Å². The Morgan fingerprint density at radius 1 is 1.21 bits per heavy atom. The third kappa shape index (κ3) is 5.95. The number of halogens is 1. The van der Waals surface area contributed by atoms with Gasteiger partial charge in [0.1, 0.15) is 18.2 Å². The topological polar surface area (TPSA) is 95.1 Å². The molecule has 3 rings (SSSR count). The molecule has 0 aliphatic carbocycles. The third-order valence-electron chi connectivity index (χ3n) is 4.12. The second-order valence-electron chi connectivity index (χ2n) is 6.30. The Bertz CT molecular complexity index is 934. The fourth-order valence-corrected chi connectivity index (χ4v) is 3.31. The molecule has 29 heavy (non-hydrogen) atoms. The molecule has 0 saturated heterocycles. The van der Waals surface area contributed by atoms with Gasteiger partial charge in [0.2, 0.25) is 11.1 Å². The van der Waals surface area contributed by atoms with Gasteiger partial charge in [-0.05, 0) is 43.2 Å². The van der Waals surface area contributed by atoms with E-state index in [1.54, 1.807) is 6.92 Å². The van der Waals surface area contributed by atoms with Crippen LogP contribution in [0.2, 0.25) is 0 Å². The lowest BCUT2D eigenvalue weighted by Gasteiger charge is -2.11. The number of benzene rings is 2. The maximum Gasteiger partial charge on any atom is 0.233 e. The number of aromatic nitrogens is 3. The summed E-state index contributed by atoms with van der Waals surface area (Å²) in [4.78, 5) is 12.3. The van der Waals surface area contributed by atoms with Gasteiger partial charge in [-0.1, -0.05) is 42.1 Å². The van der Waals surface area contributed by atoms with Crippen molar-refractivity contribution in [3.63, 3.8) is 0 Å². The molecule has 3 aromatic rings. The van der Waals surface area contributed by atoms with E-state index in [0.29, 0.717) is 23.3 Å². The summed E-state index contributed by atoms with van der Waals surface area (Å²) in [5, 5.41) is 11.0. The monoisotopic (exact) mass is 415 g/mol. The summed E-state index contributed by atoms with van der Waals surface area (Å²) in [5.41, 5.74) is 1.17. The van der Waals surface area contributed by atoms with Gasteiger partial charge in [-0.3, -0.25) is 4.79 Å². The minimum Gasteiger partial charge on any atom is -0.486 e. The normalized spacial score (nSPS) is 11.8. The molecule has 0 radical (unpaired) electrons. The van der Waals surface area contributed by atoms with Crippen LogP contribution in [0.4, 0.5) is 4.39 Å². The second-order valence-corrected chi connectivity index (χ2v) is 7.61. The number of thioether (sulfide) groups is 1. The Morgan fingerprint density at radius 2 is 1.93 bits per heavy atom. The summed E-state index contributed by atoms with van der Waals surface area (Å²) >= 11 is 1.22. The molecule has 0 aliphatic heterocycles. The van der Waals surface area contributed by atoms with E-state index in [1.807, 2.05) is 30.3 Å². The molecule has 9 heteroatoms. The van der Waals surface area contributed by atoms with E-state index in [9.17, 15) is 9.18 Å². The van der Waals surface area contributed by atoms with E-state index in [1.165, 1.54) is 46.3 Å². The molecule has 1 aromatic heterocycles. The average molecular weight is 415 g/mol. The van der Waals surface area contributed by atoms with Gasteiger partial charge in [0.15, 0.2) is 5.82 Å². The number of nitrogens with zero attached hydrogens (tertiary/aromatic N) is 3. The number of hydrogen-bond donors (Lipinski definition) is 2. The molecule has 2 aromatic carbocycles. The van der Waals surface area contributed by atoms with Crippen LogP contribution in [-0.4, -0.2) is 32.6 Å². The zero-order valence-electron chi connectivity index (χ0n) is 15.9. The van der Waals surface area contributed by atoms with Crippen LogP contribution in [-0.2, 0) is 17.8 Å². The molecule has 0 saturated carbocycles. The Hall–Kier alpha value is -3.07. The van der Waals surface area contributed by atoms with Crippen LogP contribution < -0.4 is 15.9 Å². The molecule has 0 fully saturated rings. The smallest absolute Gasteiger partial charge is 0.233 e. The van der Waals surface area contributed by atoms with Crippen LogP contribution in [0.1, 0.15) is 18.3 Å². The minimum atomic E-state index is -0.386. The number of amides is 1. The largest absolute Gasteiger partial charge is 0.486 e. The Labute approximate surface area is 172 Å². The minimum absolute atomic E-state index is 0.0767. The number of nitrogens with one attached hydrogen (secondary N) is 1. The molecular weight excluding hydrogens is 393 g/mol. The van der Waals surface area contributed by atoms with Crippen molar-refractivity contribution in [1.29, 1.82) is 0 Å². The summed E-state index contributed by atoms with van der Waals surface area (Å²) in [7, 11) is 0. The number of carbonyl (C=O) groups is 1. The SMILES string of the molecule is CC(Sc1nnc(COc2ccc(F)cc2)n1N)C(=O)NCCc1ccccc1. The molecule has 3 N–H and O–H groups in total. The maximum absolute atomic E-state index is 12.9. The molecule has 7 nitrogen and oxygen atoms in total. The lowest BCUT2D eigenvalue weighted by Crippen LogP contribution is -2.32. The predicted molar refractivity (Wildman–Crippen MR) is 109 cm³/mol. The Morgan fingerprint density at radius 3 is 2.66 bits per heavy atom. The fourth-order valence-electron chi connectivity index (χ4n) is 2.49. The van der Waals surface area contributed by atoms with E-state index in [-0.39, 0.29) is 23.6 Å². The molecule has 1 unspecified atom stereocenters. The molecule has 0 aliphatic rings. The number of carbonyl (C=O) groups excluding carboxylic acids is 1. The van der Waals surface area contributed by atoms with E-state index in [4.69, 9.17) is 10.6 Å². The van der Waals surface area contributed by atoms with Gasteiger partial charge < -0.3 is 15.9 Å². The number of rotatable bonds is 9. The van der Waals surface area contributed by atoms with Crippen LogP contribution in [0, 0.1) is 5.82 Å². The Balaban J connectivity index is 1.47. The molecule has 1 atom stereocenters. The van der Waals surface area contributed by atoms with Crippen molar-refractivity contribution in [2.75, 3.05) is 12.4 Å². The third-order valence-corrected chi connectivity index (χ3v) is 5.18. The van der Waals surface area contributed by atoms with Gasteiger partial charge in [-0.2, -0.15) is 0 Å². The van der Waals surface area contributed by atoms with Crippen LogP contribution in [0.3, 0.4) is 0 Å². The van der Waals surface area contributed by atoms with Gasteiger partial charge in [0.25, 0.3) is 0 Å². The highest BCUT2D eigenvalue weighted by atomic mass is 32.2. The summed E-state index contributed by atoms with van der Waals surface area (Å²) < 4.78 is 19.8. The van der Waals surface area contributed by atoms with Crippen molar-refractivity contribution in [2.24, 2.45) is 0 Å². The summed E-state index contributed by atoms with van der Waals surface area (Å²) in [6, 6.07) is 15.6. The summed E-state index contributed by atoms with van der Waals surface area (Å²) in [6.45, 7) is 2.42. The van der Waals surface area contributed by atoms with Gasteiger partial charge in [0, 0.05) is 6.54 Å². The Kier molecular flexibility index (Phi) is 7.07. The molecule has 0 bridgehead atoms. The molecular formula is C20H22FN5O2S. The molecule has 152 valence electrons. The standard InChI is InChI=1S/C20H22FN5O2S/c1-14(19(27)23-12-11-15-5-3-2-4-6-15)29-20-25-24-18(26(20)22)13-28-17-9-7-16(21)8-10-17/h2-10,14H,11-13,22H2,1H3,(H,23,27). The molecule has 1 heterocycles. The first kappa shape index (κ1) is 20.7. The van der Waals surface area contributed by atoms with Crippen molar-refractivity contribution in [2.45, 2.75) is 30.4 Å². The zero-order chi connectivity index (χ0) is 20.6. The average Bonchev–Trinajstić information content (AvgIpc) is 3.07. The number of hydrogen-bond acceptors (Lipinski definition) is 6. The van der Waals surface area contributed by atoms with Gasteiger partial charge in [-0.25, -0.2) is 9.07 Å². The first-order valence-corrected chi connectivity index (χ1v) is 9.97. The molecule has 0 spiro atoms. The second kappa shape index (κ2) is 9.92. The van der Waals surface area contributed by atoms with Gasteiger partial charge >= 0.3 is 0 Å². The quantitative estimate of drug-likeness (QED) is 0.412. The summed E-state index contributed by atoms with van der Waals surface area (Å²) in [6.07, 6.45) is 0.766. The highest BCUT2D eigenvalue weighted by Gasteiger charge is 2.19. The van der Waals surface area contributed by atoms with Crippen molar-refractivity contribution < 1.29 is 13.9 Å². The number of nitrogens with two attached hydrogens (primary N) is 1. The first-order valence-electron chi connectivity index (χ1n) is 9.09. The van der Waals surface area contributed by atoms with Crippen LogP contribution in [0.5, 0.6) is 5.75 Å². The van der Waals surface area contributed by atoms with Crippen molar-refractivity contribution >= 4 is 17.7 Å². The maximum atomic E-state index is 12.9. The highest BCUT2D eigenvalue weighted by molar-refractivity contribution is 8.00. The van der Waals surface area contributed by atoms with Crippen molar-refractivity contribution in [1.82, 2.24) is 20.2 Å². The van der Waals surface area contributed by atoms with E-state index < -0.39 is 0 Å². The van der Waals surface area contributed by atoms with Crippen molar-refractivity contribution in [3.05, 3.63) is 71.8 Å². The zero-order valence-corrected chi connectivity index (χ0v) is 16.7. The van der Waals surface area contributed by atoms with Crippen molar-refractivity contribution in [3.8, 4) is 5.75 Å². The lowest BCUT2D eigenvalue weighted by atomic mass is 10.1. The highest BCUT2D eigenvalue weighted by Crippen LogP contribution is 2.21. The molecule has 1 amide bonds. The van der Waals surface area contributed by atoms with E-state index in [2.05, 4.69) is 15.5 Å². The number of ether oxygens (including phenoxy) is 1. The first-order chi connectivity index (χ1) is 14.0. The van der Waals surface area contributed by atoms with Gasteiger partial charge in [0.05, 0.1) is 5.25 Å². The lowest BCUT2D eigenvalue weighted by molar-refractivity contribution is -0.120. The summed E-state index contributed by atoms with van der Waals surface area (Å²) in [5.74, 6) is 6.47. The fraction of sp³-hybridized carbons (Fsp3) is 0.250. The number of nitrogen functional groups attached to an aromatic ring is 1. The van der Waals surface area contributed by atoms with Gasteiger partial charge in [-0.15, -0.1) is 10.2 Å².